The Morgan fingerprint density at radius 2 is 2.00 bits per heavy atom. The van der Waals surface area contributed by atoms with Crippen LogP contribution in [-0.4, -0.2) is 23.0 Å². The first kappa shape index (κ1) is 14.5. The van der Waals surface area contributed by atoms with Gasteiger partial charge in [-0.1, -0.05) is 43.6 Å². The molecule has 0 heterocycles. The molecule has 0 bridgehead atoms. The third-order valence-electron chi connectivity index (χ3n) is 4.24. The van der Waals surface area contributed by atoms with Crippen molar-refractivity contribution in [3.8, 4) is 0 Å². The van der Waals surface area contributed by atoms with Crippen molar-refractivity contribution in [2.45, 2.75) is 51.6 Å². The number of hydrogen-bond donors (Lipinski definition) is 1. The van der Waals surface area contributed by atoms with E-state index >= 15 is 0 Å². The molecule has 0 aromatic heterocycles. The molecule has 0 aliphatic heterocycles. The number of nitrogens with two attached hydrogens (primary N) is 1. The van der Waals surface area contributed by atoms with Crippen LogP contribution in [0.15, 0.2) is 18.2 Å². The lowest BCUT2D eigenvalue weighted by atomic mass is 9.94. The van der Waals surface area contributed by atoms with Crippen molar-refractivity contribution in [2.75, 3.05) is 7.05 Å². The summed E-state index contributed by atoms with van der Waals surface area (Å²) in [5.41, 5.74) is 9.31. The minimum Gasteiger partial charge on any atom is -0.389 e. The third kappa shape index (κ3) is 3.77. The summed E-state index contributed by atoms with van der Waals surface area (Å²) < 4.78 is 0. The molecule has 2 N–H and O–H groups in total. The molecule has 1 aliphatic rings. The molecule has 1 saturated carbocycles. The van der Waals surface area contributed by atoms with Crippen LogP contribution >= 0.6 is 12.2 Å². The van der Waals surface area contributed by atoms with Crippen molar-refractivity contribution in [2.24, 2.45) is 5.73 Å². The highest BCUT2D eigenvalue weighted by molar-refractivity contribution is 7.80. The van der Waals surface area contributed by atoms with Gasteiger partial charge in [0.15, 0.2) is 0 Å². The fraction of sp³-hybridized carbons (Fsp3) is 0.562. The molecule has 1 aliphatic carbocycles. The summed E-state index contributed by atoms with van der Waals surface area (Å²) in [5, 5.41) is 0. The van der Waals surface area contributed by atoms with Crippen molar-refractivity contribution in [1.29, 1.82) is 0 Å². The summed E-state index contributed by atoms with van der Waals surface area (Å²) in [6.07, 6.45) is 6.87. The molecule has 1 aromatic rings. The van der Waals surface area contributed by atoms with E-state index in [0.29, 0.717) is 4.99 Å². The lowest BCUT2D eigenvalue weighted by Gasteiger charge is -2.31. The van der Waals surface area contributed by atoms with E-state index in [2.05, 4.69) is 31.0 Å². The molecule has 1 fully saturated rings. The van der Waals surface area contributed by atoms with Gasteiger partial charge in [-0.2, -0.15) is 0 Å². The van der Waals surface area contributed by atoms with Crippen LogP contribution in [0.3, 0.4) is 0 Å². The first-order chi connectivity index (χ1) is 9.08. The molecule has 1 aromatic carbocycles. The Balaban J connectivity index is 2.03. The summed E-state index contributed by atoms with van der Waals surface area (Å²) >= 11 is 5.02. The van der Waals surface area contributed by atoms with E-state index in [9.17, 15) is 0 Å². The summed E-state index contributed by atoms with van der Waals surface area (Å²) in [6, 6.07) is 7.07. The minimum atomic E-state index is 0.482. The van der Waals surface area contributed by atoms with Crippen LogP contribution in [-0.2, 0) is 6.54 Å². The normalized spacial score (nSPS) is 16.8. The molecule has 0 spiro atoms. The smallest absolute Gasteiger partial charge is 0.103 e. The second kappa shape index (κ2) is 6.49. The zero-order chi connectivity index (χ0) is 13.8. The predicted octanol–water partition coefficient (Wildman–Crippen LogP) is 3.39. The molecule has 0 radical (unpaired) electrons. The van der Waals surface area contributed by atoms with Crippen LogP contribution in [0.5, 0.6) is 0 Å². The van der Waals surface area contributed by atoms with Gasteiger partial charge < -0.3 is 5.73 Å². The van der Waals surface area contributed by atoms with Crippen molar-refractivity contribution in [1.82, 2.24) is 4.90 Å². The Kier molecular flexibility index (Phi) is 4.94. The summed E-state index contributed by atoms with van der Waals surface area (Å²) in [6.45, 7) is 3.17. The van der Waals surface area contributed by atoms with E-state index in [-0.39, 0.29) is 0 Å². The van der Waals surface area contributed by atoms with Crippen LogP contribution in [0.1, 0.15) is 48.8 Å². The Morgan fingerprint density at radius 1 is 1.32 bits per heavy atom. The zero-order valence-corrected chi connectivity index (χ0v) is 12.8. The Hall–Kier alpha value is -0.930. The standard InChI is InChI=1S/C16H24N2S/c1-12-10-13(16(17)19)8-9-14(12)11-18(2)15-6-4-3-5-7-15/h8-10,15H,3-7,11H2,1-2H3,(H2,17,19). The average molecular weight is 276 g/mol. The summed E-state index contributed by atoms with van der Waals surface area (Å²) in [7, 11) is 2.25. The van der Waals surface area contributed by atoms with E-state index in [4.69, 9.17) is 18.0 Å². The monoisotopic (exact) mass is 276 g/mol. The molecule has 0 saturated heterocycles. The molecule has 104 valence electrons. The highest BCUT2D eigenvalue weighted by Gasteiger charge is 2.18. The van der Waals surface area contributed by atoms with Gasteiger partial charge in [0.2, 0.25) is 0 Å². The van der Waals surface area contributed by atoms with Crippen LogP contribution in [0.2, 0.25) is 0 Å². The topological polar surface area (TPSA) is 29.3 Å². The van der Waals surface area contributed by atoms with Crippen LogP contribution in [0.4, 0.5) is 0 Å². The largest absolute Gasteiger partial charge is 0.389 e. The average Bonchev–Trinajstić information content (AvgIpc) is 2.41. The molecular formula is C16H24N2S. The number of aryl methyl sites for hydroxylation is 1. The maximum atomic E-state index is 5.67. The van der Waals surface area contributed by atoms with E-state index in [1.807, 2.05) is 6.07 Å². The van der Waals surface area contributed by atoms with E-state index in [1.54, 1.807) is 0 Å². The second-order valence-electron chi connectivity index (χ2n) is 5.71. The van der Waals surface area contributed by atoms with Crippen molar-refractivity contribution < 1.29 is 0 Å². The molecule has 2 nitrogen and oxygen atoms in total. The van der Waals surface area contributed by atoms with Crippen LogP contribution in [0, 0.1) is 6.92 Å². The SMILES string of the molecule is Cc1cc(C(N)=S)ccc1CN(C)C1CCCCC1. The molecule has 2 rings (SSSR count). The van der Waals surface area contributed by atoms with Gasteiger partial charge in [-0.25, -0.2) is 0 Å². The fourth-order valence-corrected chi connectivity index (χ4v) is 3.07. The number of nitrogens with zero attached hydrogens (tertiary/aromatic N) is 1. The van der Waals surface area contributed by atoms with E-state index < -0.39 is 0 Å². The number of rotatable bonds is 4. The second-order valence-corrected chi connectivity index (χ2v) is 6.15. The third-order valence-corrected chi connectivity index (χ3v) is 4.48. The van der Waals surface area contributed by atoms with Crippen molar-refractivity contribution in [3.05, 3.63) is 34.9 Å². The predicted molar refractivity (Wildman–Crippen MR) is 85.4 cm³/mol. The molecule has 19 heavy (non-hydrogen) atoms. The quantitative estimate of drug-likeness (QED) is 0.855. The first-order valence-corrected chi connectivity index (χ1v) is 7.58. The van der Waals surface area contributed by atoms with Gasteiger partial charge in [0.25, 0.3) is 0 Å². The van der Waals surface area contributed by atoms with Gasteiger partial charge >= 0.3 is 0 Å². The van der Waals surface area contributed by atoms with Gasteiger partial charge in [0, 0.05) is 18.2 Å². The number of hydrogen-bond acceptors (Lipinski definition) is 2. The zero-order valence-electron chi connectivity index (χ0n) is 12.0. The Labute approximate surface area is 122 Å². The fourth-order valence-electron chi connectivity index (χ4n) is 2.95. The molecule has 3 heteroatoms. The lowest BCUT2D eigenvalue weighted by Crippen LogP contribution is -2.33. The first-order valence-electron chi connectivity index (χ1n) is 7.17. The summed E-state index contributed by atoms with van der Waals surface area (Å²) in [5.74, 6) is 0. The Bertz CT molecular complexity index is 450. The molecule has 0 atom stereocenters. The maximum absolute atomic E-state index is 5.67. The highest BCUT2D eigenvalue weighted by atomic mass is 32.1. The number of thiocarbonyl (C=S) groups is 1. The van der Waals surface area contributed by atoms with Gasteiger partial charge in [-0.3, -0.25) is 4.90 Å². The molecule has 0 amide bonds. The molecule has 0 unspecified atom stereocenters. The van der Waals surface area contributed by atoms with Crippen LogP contribution in [0.25, 0.3) is 0 Å². The van der Waals surface area contributed by atoms with Crippen molar-refractivity contribution in [3.63, 3.8) is 0 Å². The minimum absolute atomic E-state index is 0.482. The van der Waals surface area contributed by atoms with Crippen LogP contribution < -0.4 is 5.73 Å². The summed E-state index contributed by atoms with van der Waals surface area (Å²) in [4.78, 5) is 2.98. The van der Waals surface area contributed by atoms with Gasteiger partial charge in [-0.15, -0.1) is 0 Å². The Morgan fingerprint density at radius 3 is 2.58 bits per heavy atom. The van der Waals surface area contributed by atoms with E-state index in [1.165, 1.54) is 43.2 Å². The van der Waals surface area contributed by atoms with E-state index in [0.717, 1.165) is 18.2 Å². The number of benzene rings is 1. The van der Waals surface area contributed by atoms with Gasteiger partial charge in [0.1, 0.15) is 4.99 Å². The highest BCUT2D eigenvalue weighted by Crippen LogP contribution is 2.23. The lowest BCUT2D eigenvalue weighted by molar-refractivity contribution is 0.184. The van der Waals surface area contributed by atoms with Gasteiger partial charge in [0.05, 0.1) is 0 Å². The molecular weight excluding hydrogens is 252 g/mol. The van der Waals surface area contributed by atoms with Crippen molar-refractivity contribution >= 4 is 17.2 Å². The van der Waals surface area contributed by atoms with Gasteiger partial charge in [-0.05, 0) is 44.0 Å². The maximum Gasteiger partial charge on any atom is 0.103 e.